The molecule has 3 rings (SSSR count). The van der Waals surface area contributed by atoms with Gasteiger partial charge in [-0.25, -0.2) is 4.39 Å². The van der Waals surface area contributed by atoms with Gasteiger partial charge in [0.25, 0.3) is 5.91 Å². The smallest absolute Gasteiger partial charge is 0.351 e. The Kier molecular flexibility index (Phi) is 6.35. The Morgan fingerprint density at radius 2 is 1.91 bits per heavy atom. The molecule has 2 N–H and O–H groups in total. The SMILES string of the molecule is CCOP1(=O)N=C(C2=C(O)[C@H](C(C)(C)C)N(CCC(C)(C)C)C2=O)Nc2cccc(F)c21. The molecule has 0 radical (unpaired) electrons. The minimum absolute atomic E-state index is 0.0111. The van der Waals surface area contributed by atoms with Crippen molar-refractivity contribution in [1.82, 2.24) is 4.90 Å². The van der Waals surface area contributed by atoms with Crippen LogP contribution in [0.3, 0.4) is 0 Å². The predicted octanol–water partition coefficient (Wildman–Crippen LogP) is 5.01. The number of amides is 1. The van der Waals surface area contributed by atoms with Crippen LogP contribution in [0.1, 0.15) is 54.9 Å². The molecule has 0 bridgehead atoms. The molecule has 2 atom stereocenters. The third-order valence-electron chi connectivity index (χ3n) is 5.52. The van der Waals surface area contributed by atoms with Crippen LogP contribution >= 0.6 is 7.52 Å². The summed E-state index contributed by atoms with van der Waals surface area (Å²) in [6.45, 7) is 14.2. The average molecular weight is 466 g/mol. The maximum absolute atomic E-state index is 14.5. The molecule has 7 nitrogen and oxygen atoms in total. The summed E-state index contributed by atoms with van der Waals surface area (Å²) < 4.78 is 37.7. The Balaban J connectivity index is 2.11. The molecule has 1 aromatic carbocycles. The summed E-state index contributed by atoms with van der Waals surface area (Å²) in [6.07, 6.45) is 0.733. The Morgan fingerprint density at radius 3 is 2.47 bits per heavy atom. The van der Waals surface area contributed by atoms with E-state index >= 15 is 0 Å². The maximum Gasteiger partial charge on any atom is 0.351 e. The molecule has 0 saturated heterocycles. The van der Waals surface area contributed by atoms with Crippen LogP contribution < -0.4 is 10.6 Å². The lowest BCUT2D eigenvalue weighted by atomic mass is 9.84. The molecule has 32 heavy (non-hydrogen) atoms. The highest BCUT2D eigenvalue weighted by Crippen LogP contribution is 2.53. The Morgan fingerprint density at radius 1 is 1.25 bits per heavy atom. The van der Waals surface area contributed by atoms with Gasteiger partial charge in [0.15, 0.2) is 5.84 Å². The third-order valence-corrected chi connectivity index (χ3v) is 7.61. The molecule has 0 aromatic heterocycles. The van der Waals surface area contributed by atoms with Crippen LogP contribution in [0.2, 0.25) is 0 Å². The van der Waals surface area contributed by atoms with E-state index in [-0.39, 0.29) is 40.2 Å². The molecule has 0 spiro atoms. The number of hydrogen-bond acceptors (Lipinski definition) is 5. The number of aliphatic hydroxyl groups is 1. The van der Waals surface area contributed by atoms with Crippen molar-refractivity contribution in [2.75, 3.05) is 18.5 Å². The zero-order valence-corrected chi connectivity index (χ0v) is 20.7. The largest absolute Gasteiger partial charge is 0.509 e. The summed E-state index contributed by atoms with van der Waals surface area (Å²) in [6, 6.07) is 3.64. The van der Waals surface area contributed by atoms with Crippen molar-refractivity contribution in [2.45, 2.75) is 60.9 Å². The van der Waals surface area contributed by atoms with Crippen LogP contribution in [0.25, 0.3) is 0 Å². The fourth-order valence-corrected chi connectivity index (χ4v) is 5.89. The molecule has 2 aliphatic heterocycles. The van der Waals surface area contributed by atoms with E-state index in [0.29, 0.717) is 6.54 Å². The van der Waals surface area contributed by atoms with Crippen molar-refractivity contribution in [3.8, 4) is 0 Å². The van der Waals surface area contributed by atoms with E-state index in [1.807, 2.05) is 20.8 Å². The van der Waals surface area contributed by atoms with Crippen LogP contribution in [0.4, 0.5) is 10.1 Å². The highest BCUT2D eigenvalue weighted by atomic mass is 31.2. The molecule has 0 saturated carbocycles. The van der Waals surface area contributed by atoms with Gasteiger partial charge in [-0.15, -0.1) is 0 Å². The highest BCUT2D eigenvalue weighted by molar-refractivity contribution is 7.66. The van der Waals surface area contributed by atoms with Crippen molar-refractivity contribution in [3.63, 3.8) is 0 Å². The van der Waals surface area contributed by atoms with Crippen molar-refractivity contribution in [2.24, 2.45) is 15.6 Å². The summed E-state index contributed by atoms with van der Waals surface area (Å²) in [4.78, 5) is 15.2. The third kappa shape index (κ3) is 4.48. The van der Waals surface area contributed by atoms with E-state index in [2.05, 4.69) is 30.9 Å². The van der Waals surface area contributed by atoms with Gasteiger partial charge >= 0.3 is 7.52 Å². The molecule has 1 unspecified atom stereocenters. The van der Waals surface area contributed by atoms with Crippen molar-refractivity contribution >= 4 is 30.3 Å². The average Bonchev–Trinajstić information content (AvgIpc) is 2.89. The van der Waals surface area contributed by atoms with Crippen LogP contribution in [-0.2, 0) is 13.9 Å². The zero-order valence-electron chi connectivity index (χ0n) is 19.8. The number of carbonyl (C=O) groups excluding carboxylic acids is 1. The zero-order chi connectivity index (χ0) is 24.1. The van der Waals surface area contributed by atoms with E-state index in [0.717, 1.165) is 6.42 Å². The summed E-state index contributed by atoms with van der Waals surface area (Å²) in [7, 11) is -3.99. The molecule has 176 valence electrons. The number of carbonyl (C=O) groups is 1. The van der Waals surface area contributed by atoms with Gasteiger partial charge in [-0.05, 0) is 36.3 Å². The first-order valence-corrected chi connectivity index (χ1v) is 12.4. The molecular formula is C23H33FN3O4P. The van der Waals surface area contributed by atoms with Crippen LogP contribution in [0.5, 0.6) is 0 Å². The van der Waals surface area contributed by atoms with Crippen molar-refractivity contribution < 1.29 is 23.4 Å². The number of hydrogen-bond donors (Lipinski definition) is 2. The van der Waals surface area contributed by atoms with Crippen molar-refractivity contribution in [1.29, 1.82) is 0 Å². The normalized spacial score (nSPS) is 23.9. The lowest BCUT2D eigenvalue weighted by Crippen LogP contribution is -2.45. The van der Waals surface area contributed by atoms with Gasteiger partial charge < -0.3 is 19.8 Å². The number of aliphatic hydroxyl groups excluding tert-OH is 1. The number of nitrogens with zero attached hydrogens (tertiary/aromatic N) is 2. The lowest BCUT2D eigenvalue weighted by Gasteiger charge is -2.36. The van der Waals surface area contributed by atoms with Gasteiger partial charge in [0.1, 0.15) is 22.5 Å². The summed E-state index contributed by atoms with van der Waals surface area (Å²) in [5, 5.41) is 14.0. The van der Waals surface area contributed by atoms with Gasteiger partial charge in [-0.3, -0.25) is 9.36 Å². The molecule has 2 aliphatic rings. The highest BCUT2D eigenvalue weighted by Gasteiger charge is 2.49. The lowest BCUT2D eigenvalue weighted by molar-refractivity contribution is -0.128. The number of rotatable bonds is 5. The van der Waals surface area contributed by atoms with E-state index in [4.69, 9.17) is 4.52 Å². The second kappa shape index (κ2) is 8.31. The molecule has 1 aromatic rings. The fraction of sp³-hybridized carbons (Fsp3) is 0.565. The number of anilines is 1. The molecular weight excluding hydrogens is 432 g/mol. The Hall–Kier alpha value is -2.18. The molecule has 9 heteroatoms. The number of amidine groups is 1. The first-order valence-electron chi connectivity index (χ1n) is 10.8. The van der Waals surface area contributed by atoms with E-state index in [1.54, 1.807) is 17.9 Å². The fourth-order valence-electron chi connectivity index (χ4n) is 4.06. The Labute approximate surface area is 189 Å². The van der Waals surface area contributed by atoms with Gasteiger partial charge in [0.2, 0.25) is 0 Å². The van der Waals surface area contributed by atoms with Crippen molar-refractivity contribution in [3.05, 3.63) is 35.3 Å². The monoisotopic (exact) mass is 465 g/mol. The predicted molar refractivity (Wildman–Crippen MR) is 125 cm³/mol. The number of halogens is 1. The summed E-state index contributed by atoms with van der Waals surface area (Å²) >= 11 is 0. The van der Waals surface area contributed by atoms with Crippen LogP contribution in [0.15, 0.2) is 34.3 Å². The van der Waals surface area contributed by atoms with Gasteiger partial charge in [-0.1, -0.05) is 47.6 Å². The number of fused-ring (bicyclic) bond motifs is 1. The first kappa shape index (κ1) is 24.5. The molecule has 2 heterocycles. The topological polar surface area (TPSA) is 91.2 Å². The summed E-state index contributed by atoms with van der Waals surface area (Å²) in [5.41, 5.74) is -0.306. The first-order chi connectivity index (χ1) is 14.7. The number of nitrogens with one attached hydrogen (secondary N) is 1. The second-order valence-electron chi connectivity index (χ2n) is 10.5. The standard InChI is InChI=1S/C23H33FN3O4P/c1-8-31-32(30)18-14(24)10-9-11-15(18)25-20(26-32)16-17(28)19(23(5,6)7)27(21(16)29)13-12-22(2,3)4/h9-11,19,28H,8,12-13H2,1-7H3,(H,25,26,30)/t19-,32?/m1/s1. The van der Waals surface area contributed by atoms with E-state index in [1.165, 1.54) is 12.1 Å². The number of benzene rings is 1. The molecule has 1 amide bonds. The van der Waals surface area contributed by atoms with Gasteiger partial charge in [-0.2, -0.15) is 4.76 Å². The molecule has 0 fully saturated rings. The van der Waals surface area contributed by atoms with Gasteiger partial charge in [0.05, 0.1) is 18.3 Å². The minimum Gasteiger partial charge on any atom is -0.509 e. The quantitative estimate of drug-likeness (QED) is 0.597. The van der Waals surface area contributed by atoms with E-state index < -0.39 is 30.7 Å². The van der Waals surface area contributed by atoms with E-state index in [9.17, 15) is 18.9 Å². The summed E-state index contributed by atoms with van der Waals surface area (Å²) in [5.74, 6) is -1.30. The maximum atomic E-state index is 14.5. The van der Waals surface area contributed by atoms with Gasteiger partial charge in [0, 0.05) is 6.54 Å². The van der Waals surface area contributed by atoms with Crippen LogP contribution in [-0.4, -0.2) is 40.9 Å². The van der Waals surface area contributed by atoms with Crippen LogP contribution in [0, 0.1) is 16.6 Å². The Bertz CT molecular complexity index is 1040. The molecule has 0 aliphatic carbocycles. The minimum atomic E-state index is -3.99. The second-order valence-corrected chi connectivity index (χ2v) is 12.4.